The highest BCUT2D eigenvalue weighted by Gasteiger charge is 2.14. The molecule has 1 aromatic heterocycles. The molecule has 23 heavy (non-hydrogen) atoms. The predicted molar refractivity (Wildman–Crippen MR) is 85.0 cm³/mol. The van der Waals surface area contributed by atoms with Crippen LogP contribution in [0.25, 0.3) is 0 Å². The van der Waals surface area contributed by atoms with Crippen LogP contribution in [0.15, 0.2) is 30.5 Å². The van der Waals surface area contributed by atoms with Gasteiger partial charge >= 0.3 is 0 Å². The van der Waals surface area contributed by atoms with Crippen LogP contribution in [0.4, 0.5) is 0 Å². The smallest absolute Gasteiger partial charge is 0.258 e. The van der Waals surface area contributed by atoms with E-state index in [2.05, 4.69) is 10.4 Å². The average Bonchev–Trinajstić information content (AvgIpc) is 2.85. The molecule has 0 unspecified atom stereocenters. The van der Waals surface area contributed by atoms with Crippen LogP contribution in [0, 0.1) is 6.92 Å². The topological polar surface area (TPSA) is 99.2 Å². The van der Waals surface area contributed by atoms with Crippen LogP contribution in [0.2, 0.25) is 0 Å². The van der Waals surface area contributed by atoms with Crippen molar-refractivity contribution in [3.8, 4) is 5.75 Å². The summed E-state index contributed by atoms with van der Waals surface area (Å²) in [5, 5.41) is 7.02. The van der Waals surface area contributed by atoms with Crippen LogP contribution in [0.1, 0.15) is 34.6 Å². The highest BCUT2D eigenvalue weighted by atomic mass is 16.5. The summed E-state index contributed by atoms with van der Waals surface area (Å²) < 4.78 is 7.15. The number of ether oxygens (including phenoxy) is 1. The van der Waals surface area contributed by atoms with Crippen molar-refractivity contribution in [2.45, 2.75) is 19.9 Å². The summed E-state index contributed by atoms with van der Waals surface area (Å²) in [6, 6.07) is 6.15. The maximum atomic E-state index is 12.0. The van der Waals surface area contributed by atoms with Crippen LogP contribution in [-0.2, 0) is 11.8 Å². The second-order valence-electron chi connectivity index (χ2n) is 5.28. The number of aryl methyl sites for hydroxylation is 1. The maximum Gasteiger partial charge on any atom is 0.258 e. The van der Waals surface area contributed by atoms with Gasteiger partial charge in [-0.05, 0) is 38.1 Å². The molecule has 0 spiro atoms. The molecule has 0 radical (unpaired) electrons. The Kier molecular flexibility index (Phi) is 5.00. The monoisotopic (exact) mass is 316 g/mol. The van der Waals surface area contributed by atoms with Gasteiger partial charge in [-0.25, -0.2) is 0 Å². The molecule has 3 N–H and O–H groups in total. The molecule has 0 saturated carbocycles. The predicted octanol–water partition coefficient (Wildman–Crippen LogP) is 1.08. The van der Waals surface area contributed by atoms with Crippen molar-refractivity contribution < 1.29 is 14.3 Å². The molecule has 7 nitrogen and oxygen atoms in total. The van der Waals surface area contributed by atoms with Gasteiger partial charge in [0.05, 0.1) is 12.2 Å². The Morgan fingerprint density at radius 1 is 1.35 bits per heavy atom. The third kappa shape index (κ3) is 4.09. The molecule has 1 heterocycles. The van der Waals surface area contributed by atoms with Gasteiger partial charge in [-0.15, -0.1) is 0 Å². The first-order valence-electron chi connectivity index (χ1n) is 7.19. The SMILES string of the molecule is Cc1c([C@H](C)NC(=O)COc2ccc(C(N)=O)cc2)cnn1C. The summed E-state index contributed by atoms with van der Waals surface area (Å²) in [7, 11) is 1.85. The highest BCUT2D eigenvalue weighted by molar-refractivity contribution is 5.92. The van der Waals surface area contributed by atoms with E-state index in [9.17, 15) is 9.59 Å². The summed E-state index contributed by atoms with van der Waals surface area (Å²) in [5.41, 5.74) is 7.52. The van der Waals surface area contributed by atoms with E-state index in [1.807, 2.05) is 20.9 Å². The summed E-state index contributed by atoms with van der Waals surface area (Å²) in [6.45, 7) is 3.73. The van der Waals surface area contributed by atoms with Crippen LogP contribution in [0.3, 0.4) is 0 Å². The molecule has 2 aromatic rings. The highest BCUT2D eigenvalue weighted by Crippen LogP contribution is 2.16. The van der Waals surface area contributed by atoms with Crippen molar-refractivity contribution >= 4 is 11.8 Å². The van der Waals surface area contributed by atoms with Crippen LogP contribution >= 0.6 is 0 Å². The number of amides is 2. The second kappa shape index (κ2) is 6.95. The van der Waals surface area contributed by atoms with E-state index >= 15 is 0 Å². The summed E-state index contributed by atoms with van der Waals surface area (Å²) in [4.78, 5) is 22.9. The summed E-state index contributed by atoms with van der Waals surface area (Å²) in [6.07, 6.45) is 1.74. The number of primary amides is 1. The number of hydrogen-bond acceptors (Lipinski definition) is 4. The minimum absolute atomic E-state index is 0.112. The van der Waals surface area contributed by atoms with Gasteiger partial charge in [0.25, 0.3) is 5.91 Å². The van der Waals surface area contributed by atoms with E-state index in [-0.39, 0.29) is 18.6 Å². The number of carbonyl (C=O) groups is 2. The second-order valence-corrected chi connectivity index (χ2v) is 5.28. The number of benzene rings is 1. The molecule has 2 amide bonds. The molecule has 0 fully saturated rings. The van der Waals surface area contributed by atoms with E-state index in [1.165, 1.54) is 0 Å². The summed E-state index contributed by atoms with van der Waals surface area (Å²) in [5.74, 6) is -0.245. The first kappa shape index (κ1) is 16.5. The third-order valence-electron chi connectivity index (χ3n) is 3.63. The van der Waals surface area contributed by atoms with Crippen molar-refractivity contribution in [2.75, 3.05) is 6.61 Å². The van der Waals surface area contributed by atoms with E-state index < -0.39 is 5.91 Å². The standard InChI is InChI=1S/C16H20N4O3/c1-10(14-8-18-20(3)11(14)2)19-15(21)9-23-13-6-4-12(5-7-13)16(17)22/h4-8,10H,9H2,1-3H3,(H2,17,22)(H,19,21)/t10-/m0/s1. The number of rotatable bonds is 6. The molecule has 7 heteroatoms. The average molecular weight is 316 g/mol. The third-order valence-corrected chi connectivity index (χ3v) is 3.63. The van der Waals surface area contributed by atoms with Gasteiger partial charge in [0.2, 0.25) is 5.91 Å². The molecule has 0 saturated heterocycles. The lowest BCUT2D eigenvalue weighted by Gasteiger charge is -2.14. The van der Waals surface area contributed by atoms with Crippen LogP contribution in [0.5, 0.6) is 5.75 Å². The number of nitrogens with one attached hydrogen (secondary N) is 1. The van der Waals surface area contributed by atoms with Gasteiger partial charge in [-0.2, -0.15) is 5.10 Å². The minimum Gasteiger partial charge on any atom is -0.484 e. The lowest BCUT2D eigenvalue weighted by atomic mass is 10.1. The quantitative estimate of drug-likeness (QED) is 0.833. The first-order valence-corrected chi connectivity index (χ1v) is 7.19. The zero-order valence-electron chi connectivity index (χ0n) is 13.4. The number of aromatic nitrogens is 2. The van der Waals surface area contributed by atoms with Crippen molar-refractivity contribution in [2.24, 2.45) is 12.8 Å². The Morgan fingerprint density at radius 3 is 2.52 bits per heavy atom. The number of nitrogens with zero attached hydrogens (tertiary/aromatic N) is 2. The first-order chi connectivity index (χ1) is 10.9. The Bertz CT molecular complexity index is 707. The van der Waals surface area contributed by atoms with Gasteiger partial charge in [-0.1, -0.05) is 0 Å². The van der Waals surface area contributed by atoms with Gasteiger partial charge < -0.3 is 15.8 Å². The largest absolute Gasteiger partial charge is 0.484 e. The molecular formula is C16H20N4O3. The Morgan fingerprint density at radius 2 is 2.00 bits per heavy atom. The molecule has 0 aliphatic carbocycles. The Labute approximate surface area is 134 Å². The molecule has 0 bridgehead atoms. The number of nitrogens with two attached hydrogens (primary N) is 1. The maximum absolute atomic E-state index is 12.0. The Hall–Kier alpha value is -2.83. The van der Waals surface area contributed by atoms with Crippen molar-refractivity contribution in [1.82, 2.24) is 15.1 Å². The van der Waals surface area contributed by atoms with Crippen molar-refractivity contribution in [3.63, 3.8) is 0 Å². The van der Waals surface area contributed by atoms with Crippen molar-refractivity contribution in [3.05, 3.63) is 47.3 Å². The molecule has 2 rings (SSSR count). The van der Waals surface area contributed by atoms with Crippen LogP contribution < -0.4 is 15.8 Å². The van der Waals surface area contributed by atoms with Crippen molar-refractivity contribution in [1.29, 1.82) is 0 Å². The van der Waals surface area contributed by atoms with Gasteiger partial charge in [-0.3, -0.25) is 14.3 Å². The molecule has 1 aromatic carbocycles. The minimum atomic E-state index is -0.505. The summed E-state index contributed by atoms with van der Waals surface area (Å²) >= 11 is 0. The van der Waals surface area contributed by atoms with Crippen LogP contribution in [-0.4, -0.2) is 28.2 Å². The molecule has 0 aliphatic rings. The van der Waals surface area contributed by atoms with Gasteiger partial charge in [0.15, 0.2) is 6.61 Å². The zero-order valence-corrected chi connectivity index (χ0v) is 13.4. The van der Waals surface area contributed by atoms with E-state index in [0.29, 0.717) is 11.3 Å². The number of hydrogen-bond donors (Lipinski definition) is 2. The fourth-order valence-corrected chi connectivity index (χ4v) is 2.17. The lowest BCUT2D eigenvalue weighted by Crippen LogP contribution is -2.31. The fourth-order valence-electron chi connectivity index (χ4n) is 2.17. The molecule has 0 aliphatic heterocycles. The van der Waals surface area contributed by atoms with E-state index in [4.69, 9.17) is 10.5 Å². The lowest BCUT2D eigenvalue weighted by molar-refractivity contribution is -0.123. The molecule has 1 atom stereocenters. The molecule has 122 valence electrons. The molecular weight excluding hydrogens is 296 g/mol. The van der Waals surface area contributed by atoms with Gasteiger partial charge in [0, 0.05) is 23.9 Å². The number of carbonyl (C=O) groups excluding carboxylic acids is 2. The Balaban J connectivity index is 1.87. The van der Waals surface area contributed by atoms with E-state index in [0.717, 1.165) is 11.3 Å². The fraction of sp³-hybridized carbons (Fsp3) is 0.312. The normalized spacial score (nSPS) is 11.8. The van der Waals surface area contributed by atoms with E-state index in [1.54, 1.807) is 35.1 Å². The van der Waals surface area contributed by atoms with Gasteiger partial charge in [0.1, 0.15) is 5.75 Å². The zero-order chi connectivity index (χ0) is 17.0.